The molecule has 172 valence electrons. The third-order valence-corrected chi connectivity index (χ3v) is 6.29. The normalized spacial score (nSPS) is 15.4. The molecule has 0 bridgehead atoms. The number of H-pyrrole nitrogens is 1. The van der Waals surface area contributed by atoms with Crippen LogP contribution in [-0.4, -0.2) is 63.6 Å². The van der Waals surface area contributed by atoms with E-state index in [9.17, 15) is 4.79 Å². The topological polar surface area (TPSA) is 100 Å². The summed E-state index contributed by atoms with van der Waals surface area (Å²) in [5.74, 6) is 1.06. The largest absolute Gasteiger partial charge is 0.384 e. The number of piperidine rings is 1. The minimum Gasteiger partial charge on any atom is -0.384 e. The number of aryl methyl sites for hydroxylation is 1. The lowest BCUT2D eigenvalue weighted by Gasteiger charge is -2.35. The number of methoxy groups -OCH3 is 1. The maximum Gasteiger partial charge on any atom is 0.231 e. The fourth-order valence-corrected chi connectivity index (χ4v) is 4.35. The number of likely N-dealkylation sites (tertiary alicyclic amines) is 1. The van der Waals surface area contributed by atoms with Gasteiger partial charge in [-0.3, -0.25) is 4.79 Å². The van der Waals surface area contributed by atoms with Crippen LogP contribution in [0.2, 0.25) is 0 Å². The molecule has 4 heterocycles. The van der Waals surface area contributed by atoms with Crippen molar-refractivity contribution in [3.63, 3.8) is 0 Å². The summed E-state index contributed by atoms with van der Waals surface area (Å²) in [7, 11) is 1.61. The summed E-state index contributed by atoms with van der Waals surface area (Å²) in [5.41, 5.74) is 3.64. The number of pyridine rings is 1. The van der Waals surface area contributed by atoms with Gasteiger partial charge < -0.3 is 19.9 Å². The minimum absolute atomic E-state index is 0.139. The van der Waals surface area contributed by atoms with Crippen LogP contribution in [0, 0.1) is 19.4 Å². The Morgan fingerprint density at radius 1 is 1.36 bits per heavy atom. The highest BCUT2D eigenvalue weighted by Crippen LogP contribution is 2.34. The Morgan fingerprint density at radius 3 is 2.88 bits per heavy atom. The monoisotopic (exact) mass is 447 g/mol. The molecule has 9 heteroatoms. The van der Waals surface area contributed by atoms with Crippen LogP contribution < -0.4 is 5.32 Å². The Hall–Kier alpha value is -3.51. The molecule has 3 aromatic heterocycles. The summed E-state index contributed by atoms with van der Waals surface area (Å²) in [6, 6.07) is 2.18. The molecule has 1 amide bonds. The molecule has 0 spiro atoms. The van der Waals surface area contributed by atoms with E-state index in [1.165, 1.54) is 0 Å². The van der Waals surface area contributed by atoms with E-state index < -0.39 is 0 Å². The molecular formula is C24H29N7O2. The van der Waals surface area contributed by atoms with Gasteiger partial charge in [-0.2, -0.15) is 0 Å². The summed E-state index contributed by atoms with van der Waals surface area (Å²) in [6.07, 6.45) is 7.51. The van der Waals surface area contributed by atoms with E-state index >= 15 is 0 Å². The smallest absolute Gasteiger partial charge is 0.231 e. The first kappa shape index (κ1) is 22.7. The third kappa shape index (κ3) is 4.96. The molecule has 0 aromatic carbocycles. The summed E-state index contributed by atoms with van der Waals surface area (Å²) in [4.78, 5) is 34.5. The van der Waals surface area contributed by atoms with Crippen molar-refractivity contribution in [1.29, 1.82) is 0 Å². The van der Waals surface area contributed by atoms with E-state index in [4.69, 9.17) is 16.3 Å². The van der Waals surface area contributed by atoms with E-state index in [0.29, 0.717) is 36.3 Å². The second-order valence-corrected chi connectivity index (χ2v) is 8.54. The Balaban J connectivity index is 1.48. The van der Waals surface area contributed by atoms with Crippen LogP contribution in [0.4, 0.5) is 11.6 Å². The molecule has 3 aromatic rings. The molecule has 9 nitrogen and oxygen atoms in total. The molecule has 0 aliphatic carbocycles. The van der Waals surface area contributed by atoms with Gasteiger partial charge in [-0.25, -0.2) is 19.8 Å². The highest BCUT2D eigenvalue weighted by molar-refractivity contribution is 5.96. The van der Waals surface area contributed by atoms with Crippen molar-refractivity contribution in [2.24, 2.45) is 5.92 Å². The van der Waals surface area contributed by atoms with Crippen LogP contribution >= 0.6 is 0 Å². The second kappa shape index (κ2) is 9.96. The number of aromatic amines is 1. The zero-order valence-corrected chi connectivity index (χ0v) is 19.3. The molecule has 0 radical (unpaired) electrons. The lowest BCUT2D eigenvalue weighted by Crippen LogP contribution is -2.42. The summed E-state index contributed by atoms with van der Waals surface area (Å²) in [5, 5.41) is 4.36. The number of hydrogen-bond acceptors (Lipinski definition) is 6. The Bertz CT molecular complexity index is 1180. The van der Waals surface area contributed by atoms with Gasteiger partial charge in [0.05, 0.1) is 25.3 Å². The zero-order chi connectivity index (χ0) is 23.4. The number of fused-ring (bicyclic) bond motifs is 1. The number of hydrogen-bond donors (Lipinski definition) is 2. The van der Waals surface area contributed by atoms with Gasteiger partial charge in [0, 0.05) is 55.8 Å². The van der Waals surface area contributed by atoms with Gasteiger partial charge in [-0.15, -0.1) is 0 Å². The second-order valence-electron chi connectivity index (χ2n) is 8.54. The Labute approximate surface area is 193 Å². The first-order valence-corrected chi connectivity index (χ1v) is 11.2. The van der Waals surface area contributed by atoms with Gasteiger partial charge in [0.25, 0.3) is 0 Å². The Morgan fingerprint density at radius 2 is 2.15 bits per heavy atom. The molecule has 2 N–H and O–H groups in total. The summed E-state index contributed by atoms with van der Waals surface area (Å²) >= 11 is 0. The number of carbonyl (C=O) groups excluding carboxylic acids is 1. The zero-order valence-electron chi connectivity index (χ0n) is 19.3. The van der Waals surface area contributed by atoms with Gasteiger partial charge >= 0.3 is 0 Å². The quantitative estimate of drug-likeness (QED) is 0.532. The molecule has 33 heavy (non-hydrogen) atoms. The van der Waals surface area contributed by atoms with E-state index in [2.05, 4.69) is 32.0 Å². The average molecular weight is 448 g/mol. The molecule has 1 atom stereocenters. The molecule has 4 rings (SSSR count). The summed E-state index contributed by atoms with van der Waals surface area (Å²) in [6.45, 7) is 13.6. The van der Waals surface area contributed by atoms with Crippen LogP contribution in [0.25, 0.3) is 27.1 Å². The molecule has 1 aliphatic rings. The maximum atomic E-state index is 12.2. The molecular weight excluding hydrogens is 418 g/mol. The fraction of sp³-hybridized carbons (Fsp3) is 0.458. The van der Waals surface area contributed by atoms with Crippen molar-refractivity contribution in [3.8, 4) is 11.3 Å². The van der Waals surface area contributed by atoms with Crippen LogP contribution in [-0.2, 0) is 9.53 Å². The lowest BCUT2D eigenvalue weighted by atomic mass is 9.90. The maximum absolute atomic E-state index is 12.2. The van der Waals surface area contributed by atoms with Crippen LogP contribution in [0.3, 0.4) is 0 Å². The van der Waals surface area contributed by atoms with Crippen LogP contribution in [0.1, 0.15) is 31.7 Å². The number of aromatic nitrogens is 4. The highest BCUT2D eigenvalue weighted by Gasteiger charge is 2.27. The van der Waals surface area contributed by atoms with Crippen molar-refractivity contribution < 1.29 is 9.53 Å². The van der Waals surface area contributed by atoms with Crippen molar-refractivity contribution >= 4 is 28.6 Å². The highest BCUT2D eigenvalue weighted by atomic mass is 16.5. The van der Waals surface area contributed by atoms with Crippen molar-refractivity contribution in [1.82, 2.24) is 24.8 Å². The molecule has 1 saturated heterocycles. The molecule has 0 saturated carbocycles. The fourth-order valence-electron chi connectivity index (χ4n) is 4.35. The number of amides is 1. The number of carbonyl (C=O) groups is 1. The van der Waals surface area contributed by atoms with Crippen molar-refractivity contribution in [3.05, 3.63) is 41.6 Å². The van der Waals surface area contributed by atoms with E-state index in [1.807, 2.05) is 30.3 Å². The number of nitrogens with zero attached hydrogens (tertiary/aromatic N) is 5. The first-order valence-electron chi connectivity index (χ1n) is 11.2. The number of nitrogens with one attached hydrogen (secondary N) is 2. The van der Waals surface area contributed by atoms with E-state index in [1.54, 1.807) is 13.3 Å². The summed E-state index contributed by atoms with van der Waals surface area (Å²) < 4.78 is 5.02. The van der Waals surface area contributed by atoms with Crippen LogP contribution in [0.15, 0.2) is 24.7 Å². The van der Waals surface area contributed by atoms with Gasteiger partial charge in [-0.1, -0.05) is 0 Å². The average Bonchev–Trinajstić information content (AvgIpc) is 3.25. The number of anilines is 1. The molecule has 1 aliphatic heterocycles. The van der Waals surface area contributed by atoms with Gasteiger partial charge in [0.2, 0.25) is 17.5 Å². The van der Waals surface area contributed by atoms with Gasteiger partial charge in [-0.05, 0) is 44.2 Å². The lowest BCUT2D eigenvalue weighted by molar-refractivity contribution is -0.133. The van der Waals surface area contributed by atoms with Crippen molar-refractivity contribution in [2.75, 3.05) is 32.1 Å². The molecule has 1 fully saturated rings. The number of rotatable bonds is 7. The third-order valence-electron chi connectivity index (χ3n) is 6.29. The van der Waals surface area contributed by atoms with Gasteiger partial charge in [0.1, 0.15) is 5.65 Å². The van der Waals surface area contributed by atoms with Gasteiger partial charge in [0.15, 0.2) is 0 Å². The SMILES string of the molecule is [C-]#[N+]c1cnc(NC(C)C2CCN(C(=O)CCOC)CC2)nc1-c1c[nH]c2ncc(C)cc12. The van der Waals surface area contributed by atoms with E-state index in [-0.39, 0.29) is 11.9 Å². The van der Waals surface area contributed by atoms with Crippen LogP contribution in [0.5, 0.6) is 0 Å². The Kier molecular flexibility index (Phi) is 6.84. The predicted molar refractivity (Wildman–Crippen MR) is 127 cm³/mol. The van der Waals surface area contributed by atoms with Crippen molar-refractivity contribution in [2.45, 2.75) is 39.2 Å². The standard InChI is InChI=1S/C24H29N7O2/c1-15-11-18-19(13-27-23(18)26-12-15)22-20(25-3)14-28-24(30-22)29-16(2)17-5-8-31(9-6-17)21(32)7-10-33-4/h11-14,16-17H,5-10H2,1-2,4H3,(H,26,27)(H,28,29,30). The van der Waals surface area contributed by atoms with E-state index in [0.717, 1.165) is 48.1 Å². The predicted octanol–water partition coefficient (Wildman–Crippen LogP) is 3.95. The minimum atomic E-state index is 0.139. The first-order chi connectivity index (χ1) is 16.0. The molecule has 1 unspecified atom stereocenters. The number of ether oxygens (including phenoxy) is 1.